The predicted molar refractivity (Wildman–Crippen MR) is 107 cm³/mol. The Labute approximate surface area is 166 Å². The van der Waals surface area contributed by atoms with Gasteiger partial charge in [0.1, 0.15) is 5.75 Å². The Morgan fingerprint density at radius 3 is 2.18 bits per heavy atom. The Bertz CT molecular complexity index is 680. The second-order valence-electron chi connectivity index (χ2n) is 6.56. The Hall–Kier alpha value is -2.08. The summed E-state index contributed by atoms with van der Waals surface area (Å²) in [5.74, 6) is -1.13. The molecule has 1 amide bonds. The van der Waals surface area contributed by atoms with Crippen LogP contribution in [0.3, 0.4) is 0 Å². The van der Waals surface area contributed by atoms with Crippen molar-refractivity contribution in [3.05, 3.63) is 29.8 Å². The van der Waals surface area contributed by atoms with Crippen LogP contribution in [0, 0.1) is 11.3 Å². The van der Waals surface area contributed by atoms with E-state index in [-0.39, 0.29) is 36.0 Å². The molecule has 0 aliphatic carbocycles. The molecule has 0 aliphatic heterocycles. The van der Waals surface area contributed by atoms with Gasteiger partial charge in [0.2, 0.25) is 0 Å². The SMILES string of the molecule is CC(=O)Oc1ccccc1C(=O)NO.CC(C)N(C(C)C)[PH](O)(O)CCC#N. The predicted octanol–water partition coefficient (Wildman–Crippen LogP) is 2.23. The second-order valence-corrected chi connectivity index (χ2v) is 9.12. The third-order valence-corrected chi connectivity index (χ3v) is 6.37. The minimum absolute atomic E-state index is 0.0929. The molecule has 0 unspecified atom stereocenters. The molecule has 4 N–H and O–H groups in total. The number of rotatable bonds is 7. The van der Waals surface area contributed by atoms with Gasteiger partial charge in [-0.2, -0.15) is 0 Å². The summed E-state index contributed by atoms with van der Waals surface area (Å²) in [6, 6.07) is 8.24. The number of benzene rings is 1. The summed E-state index contributed by atoms with van der Waals surface area (Å²) in [5.41, 5.74) is 1.57. The van der Waals surface area contributed by atoms with E-state index in [1.54, 1.807) is 16.8 Å². The van der Waals surface area contributed by atoms with Crippen molar-refractivity contribution in [1.82, 2.24) is 10.2 Å². The quantitative estimate of drug-likeness (QED) is 0.175. The minimum atomic E-state index is -3.37. The summed E-state index contributed by atoms with van der Waals surface area (Å²) >= 11 is 0. The van der Waals surface area contributed by atoms with E-state index in [0.29, 0.717) is 0 Å². The molecule has 0 bridgehead atoms. The van der Waals surface area contributed by atoms with Crippen molar-refractivity contribution in [3.8, 4) is 11.8 Å². The average Bonchev–Trinajstić information content (AvgIpc) is 2.59. The van der Waals surface area contributed by atoms with Crippen LogP contribution in [0.2, 0.25) is 0 Å². The van der Waals surface area contributed by atoms with Crippen LogP contribution in [0.1, 0.15) is 51.4 Å². The van der Waals surface area contributed by atoms with Crippen LogP contribution in [0.25, 0.3) is 0 Å². The molecule has 158 valence electrons. The standard InChI is InChI=1S/C9H21N2O2P.C9H9NO4/c1-8(2)11(9(3)4)14(12,13)7-5-6-10;1-6(11)14-8-5-3-2-4-7(8)9(12)10-13/h8-9,12-14H,5,7H2,1-4H3;2-5,13H,1H3,(H,10,12). The molecule has 0 spiro atoms. The van der Waals surface area contributed by atoms with Crippen LogP contribution in [0.5, 0.6) is 5.75 Å². The molecule has 0 saturated carbocycles. The van der Waals surface area contributed by atoms with E-state index < -0.39 is 19.7 Å². The summed E-state index contributed by atoms with van der Waals surface area (Å²) < 4.78 is 6.48. The summed E-state index contributed by atoms with van der Waals surface area (Å²) in [6.45, 7) is 8.95. The van der Waals surface area contributed by atoms with E-state index in [0.717, 1.165) is 0 Å². The number of ether oxygens (including phenoxy) is 1. The summed E-state index contributed by atoms with van der Waals surface area (Å²) in [7, 11) is -3.37. The van der Waals surface area contributed by atoms with Gasteiger partial charge in [0.15, 0.2) is 0 Å². The molecule has 0 aromatic heterocycles. The molecular weight excluding hydrogens is 385 g/mol. The molecule has 1 aromatic rings. The molecule has 1 rings (SSSR count). The third kappa shape index (κ3) is 8.74. The fourth-order valence-electron chi connectivity index (χ4n) is 2.73. The number of para-hydroxylation sites is 1. The Balaban J connectivity index is 0.000000521. The summed E-state index contributed by atoms with van der Waals surface area (Å²) in [6.07, 6.45) is 0.398. The fraction of sp³-hybridized carbons (Fsp3) is 0.500. The number of nitriles is 1. The van der Waals surface area contributed by atoms with E-state index in [1.807, 2.05) is 33.8 Å². The topological polar surface area (TPSA) is 143 Å². The van der Waals surface area contributed by atoms with Gasteiger partial charge in [0, 0.05) is 6.92 Å². The van der Waals surface area contributed by atoms with Crippen molar-refractivity contribution in [2.45, 2.75) is 53.1 Å². The Morgan fingerprint density at radius 1 is 1.21 bits per heavy atom. The Morgan fingerprint density at radius 2 is 1.75 bits per heavy atom. The average molecular weight is 415 g/mol. The molecule has 0 saturated heterocycles. The number of nitrogens with zero attached hydrogens (tertiary/aromatic N) is 2. The van der Waals surface area contributed by atoms with Crippen LogP contribution < -0.4 is 10.2 Å². The number of hydrogen-bond acceptors (Lipinski definition) is 8. The molecule has 0 heterocycles. The molecule has 9 nitrogen and oxygen atoms in total. The fourth-order valence-corrected chi connectivity index (χ4v) is 5.09. The van der Waals surface area contributed by atoms with Crippen molar-refractivity contribution in [2.75, 3.05) is 6.16 Å². The van der Waals surface area contributed by atoms with Crippen molar-refractivity contribution < 1.29 is 29.3 Å². The van der Waals surface area contributed by atoms with E-state index in [4.69, 9.17) is 15.2 Å². The second kappa shape index (κ2) is 12.4. The summed E-state index contributed by atoms with van der Waals surface area (Å²) in [4.78, 5) is 41.6. The number of hydrogen-bond donors (Lipinski definition) is 4. The first-order valence-corrected chi connectivity index (χ1v) is 10.8. The van der Waals surface area contributed by atoms with Gasteiger partial charge in [0.25, 0.3) is 5.91 Å². The van der Waals surface area contributed by atoms with Gasteiger partial charge in [-0.3, -0.25) is 14.8 Å². The number of esters is 1. The zero-order valence-electron chi connectivity index (χ0n) is 16.8. The first kappa shape index (κ1) is 25.9. The van der Waals surface area contributed by atoms with Gasteiger partial charge in [-0.1, -0.05) is 12.1 Å². The van der Waals surface area contributed by atoms with Crippen molar-refractivity contribution >= 4 is 19.7 Å². The van der Waals surface area contributed by atoms with E-state index in [2.05, 4.69) is 0 Å². The van der Waals surface area contributed by atoms with Gasteiger partial charge >= 0.3 is 92.0 Å². The molecule has 28 heavy (non-hydrogen) atoms. The third-order valence-electron chi connectivity index (χ3n) is 3.59. The monoisotopic (exact) mass is 415 g/mol. The normalized spacial score (nSPS) is 11.5. The number of hydroxylamine groups is 1. The molecule has 0 atom stereocenters. The van der Waals surface area contributed by atoms with Crippen molar-refractivity contribution in [1.29, 1.82) is 5.26 Å². The molecule has 0 radical (unpaired) electrons. The maximum atomic E-state index is 11.1. The van der Waals surface area contributed by atoms with Gasteiger partial charge in [-0.15, -0.1) is 0 Å². The first-order chi connectivity index (χ1) is 13.0. The first-order valence-electron chi connectivity index (χ1n) is 8.79. The van der Waals surface area contributed by atoms with Gasteiger partial charge in [-0.25, -0.2) is 5.48 Å². The Kier molecular flexibility index (Phi) is 11.5. The molecule has 10 heteroatoms. The van der Waals surface area contributed by atoms with Crippen molar-refractivity contribution in [3.63, 3.8) is 0 Å². The summed E-state index contributed by atoms with van der Waals surface area (Å²) in [5, 5.41) is 16.8. The van der Waals surface area contributed by atoms with Crippen LogP contribution in [0.4, 0.5) is 0 Å². The zero-order chi connectivity index (χ0) is 21.9. The molecular formula is C18H30N3O6P. The number of nitrogens with one attached hydrogen (secondary N) is 1. The van der Waals surface area contributed by atoms with Gasteiger partial charge in [0.05, 0.1) is 5.56 Å². The van der Waals surface area contributed by atoms with Crippen LogP contribution >= 0.6 is 7.87 Å². The number of amides is 1. The van der Waals surface area contributed by atoms with Crippen LogP contribution in [-0.4, -0.2) is 49.8 Å². The van der Waals surface area contributed by atoms with Crippen LogP contribution in [-0.2, 0) is 4.79 Å². The number of carbonyl (C=O) groups excluding carboxylic acids is 2. The molecule has 0 fully saturated rings. The molecule has 1 aromatic carbocycles. The molecule has 0 aliphatic rings. The van der Waals surface area contributed by atoms with Gasteiger partial charge < -0.3 is 4.74 Å². The van der Waals surface area contributed by atoms with E-state index in [9.17, 15) is 19.4 Å². The van der Waals surface area contributed by atoms with Gasteiger partial charge in [-0.05, 0) is 12.1 Å². The van der Waals surface area contributed by atoms with Crippen molar-refractivity contribution in [2.24, 2.45) is 0 Å². The zero-order valence-corrected chi connectivity index (χ0v) is 17.8. The van der Waals surface area contributed by atoms with E-state index in [1.165, 1.54) is 24.5 Å². The van der Waals surface area contributed by atoms with E-state index >= 15 is 0 Å². The number of carbonyl (C=O) groups is 2. The maximum absolute atomic E-state index is 11.1. The van der Waals surface area contributed by atoms with Crippen LogP contribution in [0.15, 0.2) is 24.3 Å².